The summed E-state index contributed by atoms with van der Waals surface area (Å²) in [7, 11) is 1.70. The molecule has 1 aromatic rings. The number of hydrogen-bond acceptors (Lipinski definition) is 4. The SMILES string of the molecule is CCC(C)(C)C(Cc1ncc(C)c(OC)c1C)NN. The molecule has 0 aliphatic rings. The van der Waals surface area contributed by atoms with Crippen molar-refractivity contribution in [3.05, 3.63) is 23.0 Å². The number of hydrogen-bond donors (Lipinski definition) is 2. The molecule has 1 rings (SSSR count). The molecule has 3 N–H and O–H groups in total. The Morgan fingerprint density at radius 1 is 1.42 bits per heavy atom. The summed E-state index contributed by atoms with van der Waals surface area (Å²) < 4.78 is 5.45. The van der Waals surface area contributed by atoms with Gasteiger partial charge in [-0.1, -0.05) is 20.8 Å². The number of nitrogens with zero attached hydrogens (tertiary/aromatic N) is 1. The summed E-state index contributed by atoms with van der Waals surface area (Å²) in [5.41, 5.74) is 6.29. The Labute approximate surface area is 116 Å². The minimum atomic E-state index is 0.126. The first-order chi connectivity index (χ1) is 8.87. The number of ether oxygens (including phenoxy) is 1. The van der Waals surface area contributed by atoms with Crippen LogP contribution >= 0.6 is 0 Å². The first-order valence-electron chi connectivity index (χ1n) is 6.82. The van der Waals surface area contributed by atoms with Crippen LogP contribution in [-0.4, -0.2) is 18.1 Å². The molecule has 0 aromatic carbocycles. The number of methoxy groups -OCH3 is 1. The molecule has 0 aliphatic carbocycles. The number of nitrogens with two attached hydrogens (primary N) is 1. The maximum atomic E-state index is 5.72. The Kier molecular flexibility index (Phi) is 5.32. The van der Waals surface area contributed by atoms with Crippen molar-refractivity contribution in [1.29, 1.82) is 0 Å². The largest absolute Gasteiger partial charge is 0.496 e. The number of rotatable bonds is 6. The molecule has 4 heteroatoms. The molecular formula is C15H27N3O. The molecule has 0 saturated heterocycles. The predicted molar refractivity (Wildman–Crippen MR) is 79.2 cm³/mol. The highest BCUT2D eigenvalue weighted by molar-refractivity contribution is 5.41. The van der Waals surface area contributed by atoms with E-state index in [1.807, 2.05) is 13.1 Å². The van der Waals surface area contributed by atoms with Gasteiger partial charge in [-0.3, -0.25) is 16.3 Å². The number of nitrogens with one attached hydrogen (secondary N) is 1. The van der Waals surface area contributed by atoms with E-state index in [-0.39, 0.29) is 11.5 Å². The molecule has 4 nitrogen and oxygen atoms in total. The molecular weight excluding hydrogens is 238 g/mol. The summed E-state index contributed by atoms with van der Waals surface area (Å²) in [6.45, 7) is 10.7. The summed E-state index contributed by atoms with van der Waals surface area (Å²) in [5.74, 6) is 6.65. The topological polar surface area (TPSA) is 60.2 Å². The highest BCUT2D eigenvalue weighted by Crippen LogP contribution is 2.30. The molecule has 0 saturated carbocycles. The van der Waals surface area contributed by atoms with Crippen LogP contribution in [0.3, 0.4) is 0 Å². The van der Waals surface area contributed by atoms with Gasteiger partial charge in [0, 0.05) is 35.5 Å². The van der Waals surface area contributed by atoms with E-state index in [0.717, 1.165) is 35.4 Å². The summed E-state index contributed by atoms with van der Waals surface area (Å²) in [6, 6.07) is 0.191. The Morgan fingerprint density at radius 3 is 2.53 bits per heavy atom. The second kappa shape index (κ2) is 6.35. The Hall–Kier alpha value is -1.13. The fourth-order valence-corrected chi connectivity index (χ4v) is 2.28. The number of aromatic nitrogens is 1. The minimum absolute atomic E-state index is 0.126. The van der Waals surface area contributed by atoms with Gasteiger partial charge in [0.05, 0.1) is 7.11 Å². The molecule has 0 fully saturated rings. The third kappa shape index (κ3) is 3.45. The smallest absolute Gasteiger partial charge is 0.128 e. The van der Waals surface area contributed by atoms with Crippen molar-refractivity contribution < 1.29 is 4.74 Å². The van der Waals surface area contributed by atoms with E-state index in [9.17, 15) is 0 Å². The fourth-order valence-electron chi connectivity index (χ4n) is 2.28. The van der Waals surface area contributed by atoms with Gasteiger partial charge < -0.3 is 4.74 Å². The van der Waals surface area contributed by atoms with Gasteiger partial charge in [0.15, 0.2) is 0 Å². The fraction of sp³-hybridized carbons (Fsp3) is 0.667. The molecule has 0 aliphatic heterocycles. The highest BCUT2D eigenvalue weighted by atomic mass is 16.5. The Balaban J connectivity index is 3.05. The normalized spacial score (nSPS) is 13.4. The van der Waals surface area contributed by atoms with Crippen LogP contribution in [0.4, 0.5) is 0 Å². The van der Waals surface area contributed by atoms with E-state index >= 15 is 0 Å². The van der Waals surface area contributed by atoms with E-state index < -0.39 is 0 Å². The molecule has 1 unspecified atom stereocenters. The molecule has 0 spiro atoms. The van der Waals surface area contributed by atoms with Crippen molar-refractivity contribution in [2.75, 3.05) is 7.11 Å². The molecule has 108 valence electrons. The lowest BCUT2D eigenvalue weighted by Crippen LogP contribution is -2.47. The van der Waals surface area contributed by atoms with E-state index in [1.54, 1.807) is 7.11 Å². The predicted octanol–water partition coefficient (Wildman–Crippen LogP) is 2.52. The first-order valence-corrected chi connectivity index (χ1v) is 6.82. The maximum Gasteiger partial charge on any atom is 0.128 e. The van der Waals surface area contributed by atoms with Crippen LogP contribution in [-0.2, 0) is 6.42 Å². The second-order valence-electron chi connectivity index (χ2n) is 5.81. The Bertz CT molecular complexity index is 430. The quantitative estimate of drug-likeness (QED) is 0.613. The van der Waals surface area contributed by atoms with Crippen LogP contribution in [0.15, 0.2) is 6.20 Å². The van der Waals surface area contributed by atoms with Crippen molar-refractivity contribution >= 4 is 0 Å². The average molecular weight is 265 g/mol. The zero-order valence-electron chi connectivity index (χ0n) is 13.0. The lowest BCUT2D eigenvalue weighted by Gasteiger charge is -2.33. The molecule has 0 bridgehead atoms. The third-order valence-corrected chi connectivity index (χ3v) is 4.20. The van der Waals surface area contributed by atoms with E-state index in [2.05, 4.69) is 38.1 Å². The maximum absolute atomic E-state index is 5.72. The van der Waals surface area contributed by atoms with Gasteiger partial charge in [0.1, 0.15) is 5.75 Å². The van der Waals surface area contributed by atoms with Gasteiger partial charge in [0.25, 0.3) is 0 Å². The summed E-state index contributed by atoms with van der Waals surface area (Å²) in [4.78, 5) is 4.55. The average Bonchev–Trinajstić information content (AvgIpc) is 2.38. The summed E-state index contributed by atoms with van der Waals surface area (Å²) >= 11 is 0. The van der Waals surface area contributed by atoms with Gasteiger partial charge in [-0.2, -0.15) is 0 Å². The number of pyridine rings is 1. The highest BCUT2D eigenvalue weighted by Gasteiger charge is 2.28. The van der Waals surface area contributed by atoms with Crippen molar-refractivity contribution in [3.63, 3.8) is 0 Å². The van der Waals surface area contributed by atoms with Crippen LogP contribution in [0.1, 0.15) is 44.0 Å². The van der Waals surface area contributed by atoms with E-state index in [0.29, 0.717) is 0 Å². The van der Waals surface area contributed by atoms with Gasteiger partial charge in [-0.25, -0.2) is 0 Å². The van der Waals surface area contributed by atoms with Crippen molar-refractivity contribution in [3.8, 4) is 5.75 Å². The third-order valence-electron chi connectivity index (χ3n) is 4.20. The molecule has 0 radical (unpaired) electrons. The number of aryl methyl sites for hydroxylation is 1. The lowest BCUT2D eigenvalue weighted by atomic mass is 9.79. The zero-order chi connectivity index (χ0) is 14.6. The first kappa shape index (κ1) is 15.9. The Morgan fingerprint density at radius 2 is 2.05 bits per heavy atom. The van der Waals surface area contributed by atoms with Crippen LogP contribution < -0.4 is 16.0 Å². The van der Waals surface area contributed by atoms with E-state index in [1.165, 1.54) is 0 Å². The standard InChI is InChI=1S/C15H27N3O/c1-7-15(4,5)13(18-16)8-12-11(3)14(19-6)10(2)9-17-12/h9,13,18H,7-8,16H2,1-6H3. The second-order valence-corrected chi connectivity index (χ2v) is 5.81. The molecule has 1 heterocycles. The van der Waals surface area contributed by atoms with Gasteiger partial charge in [-0.05, 0) is 25.7 Å². The van der Waals surface area contributed by atoms with E-state index in [4.69, 9.17) is 10.6 Å². The van der Waals surface area contributed by atoms with Gasteiger partial charge in [0.2, 0.25) is 0 Å². The van der Waals surface area contributed by atoms with Crippen LogP contribution in [0.25, 0.3) is 0 Å². The summed E-state index contributed by atoms with van der Waals surface area (Å²) in [6.07, 6.45) is 3.73. The minimum Gasteiger partial charge on any atom is -0.496 e. The zero-order valence-corrected chi connectivity index (χ0v) is 13.0. The molecule has 0 amide bonds. The number of hydrazine groups is 1. The van der Waals surface area contributed by atoms with Crippen LogP contribution in [0.2, 0.25) is 0 Å². The monoisotopic (exact) mass is 265 g/mol. The molecule has 1 atom stereocenters. The lowest BCUT2D eigenvalue weighted by molar-refractivity contribution is 0.230. The van der Waals surface area contributed by atoms with Crippen molar-refractivity contribution in [1.82, 2.24) is 10.4 Å². The van der Waals surface area contributed by atoms with Crippen molar-refractivity contribution in [2.45, 2.75) is 53.5 Å². The van der Waals surface area contributed by atoms with Crippen LogP contribution in [0.5, 0.6) is 5.75 Å². The molecule has 1 aromatic heterocycles. The van der Waals surface area contributed by atoms with Crippen molar-refractivity contribution in [2.24, 2.45) is 11.3 Å². The van der Waals surface area contributed by atoms with Gasteiger partial charge in [-0.15, -0.1) is 0 Å². The summed E-state index contributed by atoms with van der Waals surface area (Å²) in [5, 5.41) is 0. The van der Waals surface area contributed by atoms with Gasteiger partial charge >= 0.3 is 0 Å². The molecule has 19 heavy (non-hydrogen) atoms. The van der Waals surface area contributed by atoms with Crippen LogP contribution in [0, 0.1) is 19.3 Å².